The highest BCUT2D eigenvalue weighted by Gasteiger charge is 2.14. The van der Waals surface area contributed by atoms with E-state index < -0.39 is 0 Å². The van der Waals surface area contributed by atoms with E-state index in [1.54, 1.807) is 0 Å². The lowest BCUT2D eigenvalue weighted by molar-refractivity contribution is 0.313. The summed E-state index contributed by atoms with van der Waals surface area (Å²) in [4.78, 5) is 14.1. The molecule has 4 rings (SSSR count). The molecule has 0 radical (unpaired) electrons. The van der Waals surface area contributed by atoms with E-state index >= 15 is 0 Å². The molecular formula is C22H23BrN4. The van der Waals surface area contributed by atoms with Crippen molar-refractivity contribution >= 4 is 21.6 Å². The maximum Gasteiger partial charge on any atom is 0.126 e. The molecular weight excluding hydrogens is 400 g/mol. The lowest BCUT2D eigenvalue weighted by Crippen LogP contribution is -2.44. The minimum Gasteiger partial charge on any atom is -0.369 e. The molecule has 0 atom stereocenters. The second-order valence-corrected chi connectivity index (χ2v) is 7.95. The molecule has 1 aliphatic rings. The Kier molecular flexibility index (Phi) is 5.23. The summed E-state index contributed by atoms with van der Waals surface area (Å²) < 4.78 is 1.05. The molecule has 2 aromatic carbocycles. The molecule has 0 amide bonds. The number of halogens is 1. The first-order valence-corrected chi connectivity index (χ1v) is 10.0. The Hall–Kier alpha value is -2.24. The Bertz CT molecular complexity index is 931. The van der Waals surface area contributed by atoms with Crippen LogP contribution in [0.25, 0.3) is 22.5 Å². The molecule has 0 spiro atoms. The molecule has 1 fully saturated rings. The summed E-state index contributed by atoms with van der Waals surface area (Å²) >= 11 is 3.54. The Morgan fingerprint density at radius 1 is 0.815 bits per heavy atom. The molecule has 1 aromatic heterocycles. The van der Waals surface area contributed by atoms with Gasteiger partial charge in [-0.15, -0.1) is 0 Å². The van der Waals surface area contributed by atoms with Crippen molar-refractivity contribution in [2.75, 3.05) is 38.1 Å². The molecule has 0 bridgehead atoms. The van der Waals surface area contributed by atoms with Gasteiger partial charge in [0.15, 0.2) is 0 Å². The van der Waals surface area contributed by atoms with Crippen LogP contribution in [0.1, 0.15) is 5.82 Å². The standard InChI is InChI=1S/C22H23BrN4/c1-16-24-21(15-22(25-16)18-4-3-5-19(23)14-18)17-6-8-20(9-7-17)27-12-10-26(2)11-13-27/h3-9,14-15H,10-13H2,1-2H3. The number of aromatic nitrogens is 2. The topological polar surface area (TPSA) is 32.3 Å². The van der Waals surface area contributed by atoms with Gasteiger partial charge in [0.25, 0.3) is 0 Å². The monoisotopic (exact) mass is 422 g/mol. The van der Waals surface area contributed by atoms with Crippen LogP contribution in [-0.4, -0.2) is 48.1 Å². The number of hydrogen-bond acceptors (Lipinski definition) is 4. The van der Waals surface area contributed by atoms with Crippen molar-refractivity contribution in [3.05, 3.63) is 64.9 Å². The number of nitrogens with zero attached hydrogens (tertiary/aromatic N) is 4. The zero-order valence-electron chi connectivity index (χ0n) is 15.7. The van der Waals surface area contributed by atoms with Crippen LogP contribution in [0.3, 0.4) is 0 Å². The summed E-state index contributed by atoms with van der Waals surface area (Å²) in [6, 6.07) is 19.0. The van der Waals surface area contributed by atoms with Crippen LogP contribution >= 0.6 is 15.9 Å². The summed E-state index contributed by atoms with van der Waals surface area (Å²) in [5.41, 5.74) is 5.40. The molecule has 0 aliphatic carbocycles. The van der Waals surface area contributed by atoms with Gasteiger partial charge in [-0.25, -0.2) is 9.97 Å². The summed E-state index contributed by atoms with van der Waals surface area (Å²) in [5, 5.41) is 0. The van der Waals surface area contributed by atoms with E-state index in [0.29, 0.717) is 0 Å². The van der Waals surface area contributed by atoms with Crippen LogP contribution in [0.5, 0.6) is 0 Å². The van der Waals surface area contributed by atoms with Crippen molar-refractivity contribution in [3.63, 3.8) is 0 Å². The van der Waals surface area contributed by atoms with E-state index in [0.717, 1.165) is 59.0 Å². The third-order valence-electron chi connectivity index (χ3n) is 4.99. The maximum absolute atomic E-state index is 4.66. The quantitative estimate of drug-likeness (QED) is 0.615. The van der Waals surface area contributed by atoms with Crippen LogP contribution in [0.2, 0.25) is 0 Å². The van der Waals surface area contributed by atoms with Crippen molar-refractivity contribution in [2.45, 2.75) is 6.92 Å². The minimum atomic E-state index is 0.783. The van der Waals surface area contributed by atoms with E-state index in [1.807, 2.05) is 19.1 Å². The number of aryl methyl sites for hydroxylation is 1. The van der Waals surface area contributed by atoms with Gasteiger partial charge in [0.2, 0.25) is 0 Å². The van der Waals surface area contributed by atoms with E-state index in [1.165, 1.54) is 5.69 Å². The largest absolute Gasteiger partial charge is 0.369 e. The first-order chi connectivity index (χ1) is 13.1. The predicted octanol–water partition coefficient (Wildman–Crippen LogP) is 4.63. The number of benzene rings is 2. The molecule has 1 aliphatic heterocycles. The van der Waals surface area contributed by atoms with Gasteiger partial charge >= 0.3 is 0 Å². The number of piperazine rings is 1. The van der Waals surface area contributed by atoms with Gasteiger partial charge in [0.05, 0.1) is 11.4 Å². The van der Waals surface area contributed by atoms with E-state index in [4.69, 9.17) is 0 Å². The molecule has 3 aromatic rings. The predicted molar refractivity (Wildman–Crippen MR) is 115 cm³/mol. The highest BCUT2D eigenvalue weighted by molar-refractivity contribution is 9.10. The van der Waals surface area contributed by atoms with Crippen LogP contribution in [-0.2, 0) is 0 Å². The second-order valence-electron chi connectivity index (χ2n) is 7.03. The van der Waals surface area contributed by atoms with Gasteiger partial charge < -0.3 is 9.80 Å². The summed E-state index contributed by atoms with van der Waals surface area (Å²) in [6.45, 7) is 6.33. The van der Waals surface area contributed by atoms with Gasteiger partial charge in [-0.1, -0.05) is 40.2 Å². The number of anilines is 1. The average Bonchev–Trinajstić information content (AvgIpc) is 2.68. The fourth-order valence-electron chi connectivity index (χ4n) is 3.42. The van der Waals surface area contributed by atoms with Crippen LogP contribution < -0.4 is 4.90 Å². The molecule has 0 unspecified atom stereocenters. The molecule has 27 heavy (non-hydrogen) atoms. The smallest absolute Gasteiger partial charge is 0.126 e. The fraction of sp³-hybridized carbons (Fsp3) is 0.273. The summed E-state index contributed by atoms with van der Waals surface area (Å²) in [6.07, 6.45) is 0. The third-order valence-corrected chi connectivity index (χ3v) is 5.48. The first-order valence-electron chi connectivity index (χ1n) is 9.24. The minimum absolute atomic E-state index is 0.783. The molecule has 5 heteroatoms. The summed E-state index contributed by atoms with van der Waals surface area (Å²) in [5.74, 6) is 0.783. The van der Waals surface area contributed by atoms with Gasteiger partial charge in [0, 0.05) is 47.5 Å². The lowest BCUT2D eigenvalue weighted by Gasteiger charge is -2.34. The van der Waals surface area contributed by atoms with Crippen molar-refractivity contribution < 1.29 is 0 Å². The SMILES string of the molecule is Cc1nc(-c2ccc(N3CCN(C)CC3)cc2)cc(-c2cccc(Br)c2)n1. The van der Waals surface area contributed by atoms with Gasteiger partial charge in [0.1, 0.15) is 5.82 Å². The zero-order valence-corrected chi connectivity index (χ0v) is 17.3. The molecule has 0 N–H and O–H groups in total. The highest BCUT2D eigenvalue weighted by Crippen LogP contribution is 2.27. The van der Waals surface area contributed by atoms with Gasteiger partial charge in [-0.2, -0.15) is 0 Å². The van der Waals surface area contributed by atoms with Crippen molar-refractivity contribution in [2.24, 2.45) is 0 Å². The molecule has 2 heterocycles. The third kappa shape index (κ3) is 4.20. The molecule has 138 valence electrons. The maximum atomic E-state index is 4.66. The highest BCUT2D eigenvalue weighted by atomic mass is 79.9. The van der Waals surface area contributed by atoms with Crippen LogP contribution in [0.15, 0.2) is 59.1 Å². The second kappa shape index (κ2) is 7.79. The van der Waals surface area contributed by atoms with Gasteiger partial charge in [-0.05, 0) is 44.3 Å². The Labute approximate surface area is 169 Å². The lowest BCUT2D eigenvalue weighted by atomic mass is 10.1. The van der Waals surface area contributed by atoms with E-state index in [9.17, 15) is 0 Å². The number of hydrogen-bond donors (Lipinski definition) is 0. The van der Waals surface area contributed by atoms with Crippen molar-refractivity contribution in [1.29, 1.82) is 0 Å². The summed E-state index contributed by atoms with van der Waals surface area (Å²) in [7, 11) is 2.18. The fourth-order valence-corrected chi connectivity index (χ4v) is 3.82. The van der Waals surface area contributed by atoms with Crippen LogP contribution in [0.4, 0.5) is 5.69 Å². The normalized spacial score (nSPS) is 15.1. The average molecular weight is 423 g/mol. The zero-order chi connectivity index (χ0) is 18.8. The molecule has 1 saturated heterocycles. The van der Waals surface area contributed by atoms with Gasteiger partial charge in [-0.3, -0.25) is 0 Å². The van der Waals surface area contributed by atoms with Crippen molar-refractivity contribution in [3.8, 4) is 22.5 Å². The first kappa shape index (κ1) is 18.1. The number of likely N-dealkylation sites (N-methyl/N-ethyl adjacent to an activating group) is 1. The van der Waals surface area contributed by atoms with Crippen LogP contribution in [0, 0.1) is 6.92 Å². The Balaban J connectivity index is 1.61. The Morgan fingerprint density at radius 2 is 1.48 bits per heavy atom. The molecule has 0 saturated carbocycles. The Morgan fingerprint density at radius 3 is 2.15 bits per heavy atom. The van der Waals surface area contributed by atoms with E-state index in [-0.39, 0.29) is 0 Å². The molecule has 4 nitrogen and oxygen atoms in total. The number of rotatable bonds is 3. The van der Waals surface area contributed by atoms with E-state index in [2.05, 4.69) is 85.2 Å². The van der Waals surface area contributed by atoms with Crippen molar-refractivity contribution in [1.82, 2.24) is 14.9 Å².